The second-order valence-corrected chi connectivity index (χ2v) is 6.82. The molecule has 0 fully saturated rings. The first kappa shape index (κ1) is 24.7. The zero-order valence-electron chi connectivity index (χ0n) is 17.1. The van der Waals surface area contributed by atoms with Crippen molar-refractivity contribution >= 4 is 11.9 Å². The largest absolute Gasteiger partial charge is 0.466 e. The average molecular weight is 369 g/mol. The minimum absolute atomic E-state index is 0.0513. The minimum Gasteiger partial charge on any atom is -0.466 e. The van der Waals surface area contributed by atoms with Gasteiger partial charge in [0.15, 0.2) is 0 Å². The summed E-state index contributed by atoms with van der Waals surface area (Å²) in [5.74, 6) is -0.103. The Balaban J connectivity index is 3.24. The van der Waals surface area contributed by atoms with Gasteiger partial charge in [0.1, 0.15) is 0 Å². The molecule has 0 aromatic carbocycles. The van der Waals surface area contributed by atoms with Crippen LogP contribution in [0.2, 0.25) is 0 Å². The second kappa shape index (κ2) is 20.0. The van der Waals surface area contributed by atoms with Crippen LogP contribution in [-0.2, 0) is 19.1 Å². The number of rotatable bonds is 18. The third-order valence-electron chi connectivity index (χ3n) is 4.10. The summed E-state index contributed by atoms with van der Waals surface area (Å²) in [4.78, 5) is 22.6. The molecular weight excluding hydrogens is 328 g/mol. The third kappa shape index (κ3) is 19.0. The molecule has 0 spiro atoms. The zero-order valence-corrected chi connectivity index (χ0v) is 17.1. The van der Waals surface area contributed by atoms with Crippen LogP contribution in [-0.4, -0.2) is 25.2 Å². The number of hydrogen-bond acceptors (Lipinski definition) is 4. The van der Waals surface area contributed by atoms with Crippen molar-refractivity contribution in [3.63, 3.8) is 0 Å². The van der Waals surface area contributed by atoms with Crippen LogP contribution in [0.3, 0.4) is 0 Å². The van der Waals surface area contributed by atoms with E-state index in [2.05, 4.69) is 12.2 Å². The molecule has 0 saturated carbocycles. The van der Waals surface area contributed by atoms with Crippen molar-refractivity contribution < 1.29 is 19.1 Å². The van der Waals surface area contributed by atoms with E-state index in [1.54, 1.807) is 0 Å². The van der Waals surface area contributed by atoms with E-state index in [-0.39, 0.29) is 11.9 Å². The van der Waals surface area contributed by atoms with Crippen LogP contribution in [0, 0.1) is 0 Å². The van der Waals surface area contributed by atoms with Crippen molar-refractivity contribution in [1.29, 1.82) is 0 Å². The molecule has 0 radical (unpaired) electrons. The molecule has 4 heteroatoms. The van der Waals surface area contributed by atoms with Gasteiger partial charge >= 0.3 is 11.9 Å². The molecule has 152 valence electrons. The summed E-state index contributed by atoms with van der Waals surface area (Å²) in [6.07, 6.45) is 18.6. The number of carbonyl (C=O) groups is 2. The highest BCUT2D eigenvalue weighted by Crippen LogP contribution is 2.09. The lowest BCUT2D eigenvalue weighted by molar-refractivity contribution is -0.144. The van der Waals surface area contributed by atoms with Crippen molar-refractivity contribution in [2.75, 3.05) is 13.2 Å². The summed E-state index contributed by atoms with van der Waals surface area (Å²) in [5, 5.41) is 0. The lowest BCUT2D eigenvalue weighted by atomic mass is 10.1. The topological polar surface area (TPSA) is 52.6 Å². The molecule has 0 aliphatic carbocycles. The van der Waals surface area contributed by atoms with Crippen LogP contribution in [0.1, 0.15) is 104 Å². The molecule has 0 aromatic heterocycles. The van der Waals surface area contributed by atoms with E-state index in [0.717, 1.165) is 51.4 Å². The highest BCUT2D eigenvalue weighted by Gasteiger charge is 2.01. The minimum atomic E-state index is -0.0513. The van der Waals surface area contributed by atoms with Crippen LogP contribution in [0.5, 0.6) is 0 Å². The smallest absolute Gasteiger partial charge is 0.305 e. The van der Waals surface area contributed by atoms with Crippen molar-refractivity contribution in [2.45, 2.75) is 104 Å². The van der Waals surface area contributed by atoms with Crippen LogP contribution in [0.4, 0.5) is 0 Å². The molecule has 26 heavy (non-hydrogen) atoms. The normalized spacial score (nSPS) is 11.0. The summed E-state index contributed by atoms with van der Waals surface area (Å²) in [6, 6.07) is 0. The van der Waals surface area contributed by atoms with Crippen molar-refractivity contribution in [2.24, 2.45) is 0 Å². The predicted octanol–water partition coefficient (Wildman–Crippen LogP) is 6.13. The van der Waals surface area contributed by atoms with E-state index >= 15 is 0 Å². The Bertz CT molecular complexity index is 329. The molecule has 0 N–H and O–H groups in total. The fourth-order valence-corrected chi connectivity index (χ4v) is 2.58. The molecule has 0 unspecified atom stereocenters. The Morgan fingerprint density at radius 1 is 0.615 bits per heavy atom. The van der Waals surface area contributed by atoms with Crippen molar-refractivity contribution in [3.8, 4) is 0 Å². The van der Waals surface area contributed by atoms with Crippen LogP contribution >= 0.6 is 0 Å². The van der Waals surface area contributed by atoms with E-state index in [1.807, 2.05) is 13.8 Å². The first-order valence-electron chi connectivity index (χ1n) is 10.7. The fraction of sp³-hybridized carbons (Fsp3) is 0.818. The summed E-state index contributed by atoms with van der Waals surface area (Å²) in [6.45, 7) is 5.12. The highest BCUT2D eigenvalue weighted by molar-refractivity contribution is 5.69. The number of allylic oxidation sites excluding steroid dienone is 2. The number of esters is 2. The fourth-order valence-electron chi connectivity index (χ4n) is 2.58. The van der Waals surface area contributed by atoms with E-state index in [1.165, 1.54) is 25.7 Å². The molecular formula is C22H40O4. The van der Waals surface area contributed by atoms with Gasteiger partial charge in [0.2, 0.25) is 0 Å². The van der Waals surface area contributed by atoms with Gasteiger partial charge in [-0.25, -0.2) is 0 Å². The molecule has 0 saturated heterocycles. The van der Waals surface area contributed by atoms with Crippen molar-refractivity contribution in [1.82, 2.24) is 0 Å². The van der Waals surface area contributed by atoms with Gasteiger partial charge in [-0.1, -0.05) is 51.7 Å². The molecule has 0 aliphatic rings. The summed E-state index contributed by atoms with van der Waals surface area (Å²) < 4.78 is 10.1. The summed E-state index contributed by atoms with van der Waals surface area (Å²) >= 11 is 0. The summed E-state index contributed by atoms with van der Waals surface area (Å²) in [7, 11) is 0. The predicted molar refractivity (Wildman–Crippen MR) is 107 cm³/mol. The van der Waals surface area contributed by atoms with Gasteiger partial charge in [-0.05, 0) is 51.4 Å². The van der Waals surface area contributed by atoms with Gasteiger partial charge in [-0.3, -0.25) is 9.59 Å². The molecule has 0 aromatic rings. The van der Waals surface area contributed by atoms with Crippen LogP contribution in [0.15, 0.2) is 12.2 Å². The van der Waals surface area contributed by atoms with Gasteiger partial charge in [0.25, 0.3) is 0 Å². The molecule has 0 bridgehead atoms. The Kier molecular flexibility index (Phi) is 19.0. The van der Waals surface area contributed by atoms with Crippen LogP contribution < -0.4 is 0 Å². The van der Waals surface area contributed by atoms with Gasteiger partial charge < -0.3 is 9.47 Å². The standard InChI is InChI=1S/C22H40O4/c1-3-19-25-21(23)17-15-13-11-9-7-5-6-8-10-12-14-16-18-22(24)26-20-4-2/h5-6H,3-4,7-20H2,1-2H3/b6-5+. The molecule has 0 amide bonds. The maximum absolute atomic E-state index is 11.3. The Hall–Kier alpha value is -1.32. The number of ether oxygens (including phenoxy) is 2. The quantitative estimate of drug-likeness (QED) is 0.166. The lowest BCUT2D eigenvalue weighted by Gasteiger charge is -2.03. The number of hydrogen-bond donors (Lipinski definition) is 0. The Morgan fingerprint density at radius 3 is 1.38 bits per heavy atom. The first-order valence-corrected chi connectivity index (χ1v) is 10.7. The summed E-state index contributed by atoms with van der Waals surface area (Å²) in [5.41, 5.74) is 0. The van der Waals surface area contributed by atoms with Gasteiger partial charge in [0.05, 0.1) is 13.2 Å². The lowest BCUT2D eigenvalue weighted by Crippen LogP contribution is -2.04. The number of unbranched alkanes of at least 4 members (excludes halogenated alkanes) is 8. The maximum Gasteiger partial charge on any atom is 0.305 e. The van der Waals surface area contributed by atoms with E-state index in [9.17, 15) is 9.59 Å². The van der Waals surface area contributed by atoms with Crippen LogP contribution in [0.25, 0.3) is 0 Å². The highest BCUT2D eigenvalue weighted by atomic mass is 16.5. The monoisotopic (exact) mass is 368 g/mol. The molecule has 0 aliphatic heterocycles. The first-order chi connectivity index (χ1) is 12.7. The zero-order chi connectivity index (χ0) is 19.3. The third-order valence-corrected chi connectivity index (χ3v) is 4.10. The maximum atomic E-state index is 11.3. The van der Waals surface area contributed by atoms with Gasteiger partial charge in [-0.15, -0.1) is 0 Å². The Morgan fingerprint density at radius 2 is 1.00 bits per heavy atom. The van der Waals surface area contributed by atoms with Crippen molar-refractivity contribution in [3.05, 3.63) is 12.2 Å². The second-order valence-electron chi connectivity index (χ2n) is 6.82. The molecule has 4 nitrogen and oxygen atoms in total. The molecule has 0 atom stereocenters. The van der Waals surface area contributed by atoms with Gasteiger partial charge in [-0.2, -0.15) is 0 Å². The average Bonchev–Trinajstić information content (AvgIpc) is 2.64. The SMILES string of the molecule is CCCOC(=O)CCCCCC/C=C/CCCCCCC(=O)OCCC. The number of carbonyl (C=O) groups excluding carboxylic acids is 2. The Labute approximate surface area is 160 Å². The van der Waals surface area contributed by atoms with E-state index in [4.69, 9.17) is 9.47 Å². The molecule has 0 heterocycles. The van der Waals surface area contributed by atoms with Gasteiger partial charge in [0, 0.05) is 12.8 Å². The molecule has 0 rings (SSSR count). The van der Waals surface area contributed by atoms with E-state index in [0.29, 0.717) is 26.1 Å². The van der Waals surface area contributed by atoms with E-state index < -0.39 is 0 Å².